The van der Waals surface area contributed by atoms with E-state index in [0.29, 0.717) is 24.7 Å². The fourth-order valence-electron chi connectivity index (χ4n) is 3.88. The van der Waals surface area contributed by atoms with Gasteiger partial charge in [-0.1, -0.05) is 12.1 Å². The van der Waals surface area contributed by atoms with Crippen molar-refractivity contribution >= 4 is 11.7 Å². The van der Waals surface area contributed by atoms with Gasteiger partial charge < -0.3 is 10.1 Å². The first-order chi connectivity index (χ1) is 13.7. The SMILES string of the molecule is N#Cc1cccc2c1CCN(CCCCOc1ccc3c(n1)NC(=O)CC3)C2. The van der Waals surface area contributed by atoms with Crippen LogP contribution in [0.2, 0.25) is 0 Å². The van der Waals surface area contributed by atoms with Gasteiger partial charge in [-0.05, 0) is 61.1 Å². The summed E-state index contributed by atoms with van der Waals surface area (Å²) in [6.07, 6.45) is 4.21. The molecule has 6 heteroatoms. The van der Waals surface area contributed by atoms with E-state index >= 15 is 0 Å². The van der Waals surface area contributed by atoms with Crippen LogP contribution in [0.4, 0.5) is 5.82 Å². The van der Waals surface area contributed by atoms with Crippen molar-refractivity contribution in [2.75, 3.05) is 25.0 Å². The van der Waals surface area contributed by atoms with Gasteiger partial charge in [-0.3, -0.25) is 9.69 Å². The molecule has 2 aromatic rings. The van der Waals surface area contributed by atoms with Crippen LogP contribution < -0.4 is 10.1 Å². The van der Waals surface area contributed by atoms with E-state index in [-0.39, 0.29) is 5.91 Å². The number of benzene rings is 1. The molecule has 0 radical (unpaired) electrons. The molecule has 1 aromatic heterocycles. The van der Waals surface area contributed by atoms with Crippen molar-refractivity contribution in [1.82, 2.24) is 9.88 Å². The molecular weight excluding hydrogens is 352 g/mol. The molecule has 0 aliphatic carbocycles. The minimum absolute atomic E-state index is 0.0159. The van der Waals surface area contributed by atoms with Crippen LogP contribution in [0.15, 0.2) is 30.3 Å². The van der Waals surface area contributed by atoms with Crippen LogP contribution in [0.5, 0.6) is 5.88 Å². The number of aryl methyl sites for hydroxylation is 1. The van der Waals surface area contributed by atoms with Gasteiger partial charge in [-0.25, -0.2) is 0 Å². The number of nitriles is 1. The summed E-state index contributed by atoms with van der Waals surface area (Å²) in [5, 5.41) is 12.0. The second-order valence-electron chi connectivity index (χ2n) is 7.34. The van der Waals surface area contributed by atoms with Crippen molar-refractivity contribution in [3.05, 3.63) is 52.6 Å². The van der Waals surface area contributed by atoms with Gasteiger partial charge in [0.1, 0.15) is 5.82 Å². The van der Waals surface area contributed by atoms with E-state index in [2.05, 4.69) is 27.3 Å². The van der Waals surface area contributed by atoms with Gasteiger partial charge in [-0.15, -0.1) is 0 Å². The van der Waals surface area contributed by atoms with E-state index in [0.717, 1.165) is 56.4 Å². The molecule has 0 fully saturated rings. The number of pyridine rings is 1. The number of carbonyl (C=O) groups excluding carboxylic acids is 1. The first-order valence-corrected chi connectivity index (χ1v) is 9.89. The second-order valence-corrected chi connectivity index (χ2v) is 7.34. The van der Waals surface area contributed by atoms with Crippen LogP contribution in [0.1, 0.15) is 41.5 Å². The molecule has 0 saturated carbocycles. The molecule has 1 amide bonds. The Balaban J connectivity index is 1.21. The fourth-order valence-corrected chi connectivity index (χ4v) is 3.88. The van der Waals surface area contributed by atoms with Gasteiger partial charge in [-0.2, -0.15) is 10.2 Å². The summed E-state index contributed by atoms with van der Waals surface area (Å²) in [7, 11) is 0. The maximum Gasteiger partial charge on any atom is 0.225 e. The molecular formula is C22H24N4O2. The standard InChI is InChI=1S/C22H24N4O2/c23-14-17-4-3-5-18-15-26(12-10-19(17)18)11-1-2-13-28-21-9-7-16-6-8-20(27)24-22(16)25-21/h3-5,7,9H,1-2,6,8,10-13,15H2,(H,24,25,27). The molecule has 2 aliphatic rings. The second kappa shape index (κ2) is 8.41. The number of hydrogen-bond acceptors (Lipinski definition) is 5. The number of hydrogen-bond donors (Lipinski definition) is 1. The molecule has 28 heavy (non-hydrogen) atoms. The molecule has 1 N–H and O–H groups in total. The van der Waals surface area contributed by atoms with E-state index in [4.69, 9.17) is 4.74 Å². The van der Waals surface area contributed by atoms with E-state index in [1.165, 1.54) is 11.1 Å². The van der Waals surface area contributed by atoms with Gasteiger partial charge in [0.2, 0.25) is 11.8 Å². The lowest BCUT2D eigenvalue weighted by atomic mass is 9.95. The van der Waals surface area contributed by atoms with Gasteiger partial charge in [0.25, 0.3) is 0 Å². The normalized spacial score (nSPS) is 15.9. The number of rotatable bonds is 6. The minimum Gasteiger partial charge on any atom is -0.478 e. The first kappa shape index (κ1) is 18.5. The molecule has 0 unspecified atom stereocenters. The number of unbranched alkanes of at least 4 members (excludes halogenated alkanes) is 1. The van der Waals surface area contributed by atoms with Crippen molar-refractivity contribution in [2.24, 2.45) is 0 Å². The molecule has 144 valence electrons. The van der Waals surface area contributed by atoms with Gasteiger partial charge in [0, 0.05) is 25.6 Å². The Labute approximate surface area is 165 Å². The molecule has 1 aromatic carbocycles. The molecule has 0 saturated heterocycles. The number of nitrogens with zero attached hydrogens (tertiary/aromatic N) is 3. The molecule has 0 bridgehead atoms. The highest BCUT2D eigenvalue weighted by Gasteiger charge is 2.18. The fraction of sp³-hybridized carbons (Fsp3) is 0.409. The summed E-state index contributed by atoms with van der Waals surface area (Å²) in [6.45, 7) is 3.55. The topological polar surface area (TPSA) is 78.2 Å². The van der Waals surface area contributed by atoms with E-state index in [9.17, 15) is 10.1 Å². The predicted molar refractivity (Wildman–Crippen MR) is 106 cm³/mol. The highest BCUT2D eigenvalue weighted by molar-refractivity contribution is 5.92. The summed E-state index contributed by atoms with van der Waals surface area (Å²) in [5.74, 6) is 1.22. The number of carbonyl (C=O) groups is 1. The van der Waals surface area contributed by atoms with Crippen molar-refractivity contribution in [3.8, 4) is 11.9 Å². The number of aromatic nitrogens is 1. The van der Waals surface area contributed by atoms with Gasteiger partial charge in [0.05, 0.1) is 18.2 Å². The maximum atomic E-state index is 11.5. The van der Waals surface area contributed by atoms with Crippen LogP contribution in [-0.2, 0) is 24.2 Å². The summed E-state index contributed by atoms with van der Waals surface area (Å²) < 4.78 is 5.77. The molecule has 0 atom stereocenters. The van der Waals surface area contributed by atoms with Crippen molar-refractivity contribution in [1.29, 1.82) is 5.26 Å². The Morgan fingerprint density at radius 1 is 1.14 bits per heavy atom. The van der Waals surface area contributed by atoms with E-state index < -0.39 is 0 Å². The third-order valence-corrected chi connectivity index (χ3v) is 5.42. The highest BCUT2D eigenvalue weighted by Crippen LogP contribution is 2.24. The van der Waals surface area contributed by atoms with E-state index in [1.54, 1.807) is 0 Å². The minimum atomic E-state index is 0.0159. The van der Waals surface area contributed by atoms with Crippen molar-refractivity contribution < 1.29 is 9.53 Å². The third-order valence-electron chi connectivity index (χ3n) is 5.42. The Hall–Kier alpha value is -2.91. The average molecular weight is 376 g/mol. The van der Waals surface area contributed by atoms with Crippen LogP contribution in [0, 0.1) is 11.3 Å². The van der Waals surface area contributed by atoms with Crippen molar-refractivity contribution in [3.63, 3.8) is 0 Å². The third kappa shape index (κ3) is 4.15. The summed E-state index contributed by atoms with van der Waals surface area (Å²) in [6, 6.07) is 12.2. The number of fused-ring (bicyclic) bond motifs is 2. The van der Waals surface area contributed by atoms with Crippen molar-refractivity contribution in [2.45, 2.75) is 38.6 Å². The predicted octanol–water partition coefficient (Wildman–Crippen LogP) is 3.06. The Morgan fingerprint density at radius 3 is 2.96 bits per heavy atom. The van der Waals surface area contributed by atoms with Crippen LogP contribution in [0.25, 0.3) is 0 Å². The summed E-state index contributed by atoms with van der Waals surface area (Å²) >= 11 is 0. The zero-order valence-corrected chi connectivity index (χ0v) is 15.9. The molecule has 6 nitrogen and oxygen atoms in total. The largest absolute Gasteiger partial charge is 0.478 e. The Bertz CT molecular complexity index is 919. The van der Waals surface area contributed by atoms with Gasteiger partial charge in [0.15, 0.2) is 0 Å². The quantitative estimate of drug-likeness (QED) is 0.784. The number of ether oxygens (including phenoxy) is 1. The van der Waals surface area contributed by atoms with Crippen LogP contribution in [-0.4, -0.2) is 35.5 Å². The molecule has 3 heterocycles. The van der Waals surface area contributed by atoms with Crippen LogP contribution in [0.3, 0.4) is 0 Å². The zero-order chi connectivity index (χ0) is 19.3. The molecule has 0 spiro atoms. The Morgan fingerprint density at radius 2 is 2.07 bits per heavy atom. The smallest absolute Gasteiger partial charge is 0.225 e. The maximum absolute atomic E-state index is 11.5. The molecule has 4 rings (SSSR count). The lowest BCUT2D eigenvalue weighted by Crippen LogP contribution is -2.32. The lowest BCUT2D eigenvalue weighted by Gasteiger charge is -2.29. The monoisotopic (exact) mass is 376 g/mol. The average Bonchev–Trinajstić information content (AvgIpc) is 2.72. The number of anilines is 1. The number of nitrogens with one attached hydrogen (secondary N) is 1. The summed E-state index contributed by atoms with van der Waals surface area (Å²) in [4.78, 5) is 18.3. The Kier molecular flexibility index (Phi) is 5.54. The zero-order valence-electron chi connectivity index (χ0n) is 15.9. The summed E-state index contributed by atoms with van der Waals surface area (Å²) in [5.41, 5.74) is 4.38. The number of amides is 1. The molecule has 2 aliphatic heterocycles. The first-order valence-electron chi connectivity index (χ1n) is 9.89. The van der Waals surface area contributed by atoms with E-state index in [1.807, 2.05) is 24.3 Å². The lowest BCUT2D eigenvalue weighted by molar-refractivity contribution is -0.116. The van der Waals surface area contributed by atoms with Crippen LogP contribution >= 0.6 is 0 Å². The highest BCUT2D eigenvalue weighted by atomic mass is 16.5. The van der Waals surface area contributed by atoms with Gasteiger partial charge >= 0.3 is 0 Å².